The lowest BCUT2D eigenvalue weighted by Gasteiger charge is -2.13. The van der Waals surface area contributed by atoms with E-state index in [-0.39, 0.29) is 6.61 Å². The van der Waals surface area contributed by atoms with Crippen LogP contribution in [0, 0.1) is 11.3 Å². The van der Waals surface area contributed by atoms with Gasteiger partial charge >= 0.3 is 5.97 Å². The number of ether oxygens (including phenoxy) is 3. The van der Waals surface area contributed by atoms with E-state index in [4.69, 9.17) is 25.2 Å². The minimum Gasteiger partial charge on any atom is -0.493 e. The highest BCUT2D eigenvalue weighted by molar-refractivity contribution is 5.90. The van der Waals surface area contributed by atoms with Gasteiger partial charge in [-0.3, -0.25) is 4.79 Å². The lowest BCUT2D eigenvalue weighted by Crippen LogP contribution is -2.25. The van der Waals surface area contributed by atoms with Crippen LogP contribution < -0.4 is 15.2 Å². The Balaban J connectivity index is 2.09. The second-order valence-electron chi connectivity index (χ2n) is 5.32. The van der Waals surface area contributed by atoms with Crippen LogP contribution in [-0.4, -0.2) is 25.6 Å². The monoisotopic (exact) mass is 366 g/mol. The van der Waals surface area contributed by atoms with E-state index in [1.807, 2.05) is 6.07 Å². The SMILES string of the molecule is COc1cc(/C=C/C(=O)O[C@@H](C(N)=O)c2ccccc2)ccc1OCC#N. The topological polar surface area (TPSA) is 112 Å². The van der Waals surface area contributed by atoms with Crippen LogP contribution in [0.2, 0.25) is 0 Å². The maximum absolute atomic E-state index is 12.1. The first kappa shape index (κ1) is 19.5. The van der Waals surface area contributed by atoms with Crippen LogP contribution in [0.15, 0.2) is 54.6 Å². The van der Waals surface area contributed by atoms with Crippen LogP contribution in [-0.2, 0) is 14.3 Å². The van der Waals surface area contributed by atoms with Gasteiger partial charge in [0.15, 0.2) is 18.1 Å². The Hall–Kier alpha value is -3.79. The number of nitriles is 1. The van der Waals surface area contributed by atoms with Gasteiger partial charge in [0, 0.05) is 11.6 Å². The predicted octanol–water partition coefficient (Wildman–Crippen LogP) is 2.38. The zero-order chi connectivity index (χ0) is 19.6. The number of nitrogens with two attached hydrogens (primary N) is 1. The number of primary amides is 1. The minimum atomic E-state index is -1.17. The van der Waals surface area contributed by atoms with Crippen molar-refractivity contribution < 1.29 is 23.8 Å². The minimum absolute atomic E-state index is 0.105. The molecule has 0 spiro atoms. The Morgan fingerprint density at radius 1 is 1.19 bits per heavy atom. The van der Waals surface area contributed by atoms with Gasteiger partial charge in [-0.05, 0) is 23.8 Å². The van der Waals surface area contributed by atoms with Gasteiger partial charge in [-0.15, -0.1) is 0 Å². The highest BCUT2D eigenvalue weighted by Crippen LogP contribution is 2.28. The first-order chi connectivity index (χ1) is 13.0. The van der Waals surface area contributed by atoms with E-state index in [9.17, 15) is 9.59 Å². The van der Waals surface area contributed by atoms with E-state index >= 15 is 0 Å². The van der Waals surface area contributed by atoms with Gasteiger partial charge in [0.05, 0.1) is 7.11 Å². The third-order valence-electron chi connectivity index (χ3n) is 3.49. The number of methoxy groups -OCH3 is 1. The summed E-state index contributed by atoms with van der Waals surface area (Å²) in [7, 11) is 1.47. The molecule has 0 aromatic heterocycles. The molecule has 0 heterocycles. The molecule has 27 heavy (non-hydrogen) atoms. The largest absolute Gasteiger partial charge is 0.493 e. The molecule has 2 aromatic rings. The first-order valence-corrected chi connectivity index (χ1v) is 7.96. The molecule has 2 rings (SSSR count). The molecule has 7 nitrogen and oxygen atoms in total. The molecule has 0 aliphatic heterocycles. The summed E-state index contributed by atoms with van der Waals surface area (Å²) >= 11 is 0. The number of amides is 1. The highest BCUT2D eigenvalue weighted by atomic mass is 16.5. The molecule has 0 unspecified atom stereocenters. The van der Waals surface area contributed by atoms with E-state index < -0.39 is 18.0 Å². The van der Waals surface area contributed by atoms with Crippen LogP contribution in [0.4, 0.5) is 0 Å². The van der Waals surface area contributed by atoms with Crippen molar-refractivity contribution in [3.63, 3.8) is 0 Å². The van der Waals surface area contributed by atoms with E-state index in [1.54, 1.807) is 48.5 Å². The second-order valence-corrected chi connectivity index (χ2v) is 5.32. The summed E-state index contributed by atoms with van der Waals surface area (Å²) in [6, 6.07) is 15.3. The summed E-state index contributed by atoms with van der Waals surface area (Å²) in [6.45, 7) is -0.105. The molecule has 0 aliphatic rings. The van der Waals surface area contributed by atoms with Gasteiger partial charge in [0.1, 0.15) is 6.07 Å². The summed E-state index contributed by atoms with van der Waals surface area (Å²) < 4.78 is 15.6. The molecular formula is C20H18N2O5. The summed E-state index contributed by atoms with van der Waals surface area (Å²) in [4.78, 5) is 23.6. The normalized spacial score (nSPS) is 11.4. The van der Waals surface area contributed by atoms with Gasteiger partial charge in [-0.1, -0.05) is 36.4 Å². The standard InChI is InChI=1S/C20H18N2O5/c1-25-17-13-14(7-9-16(17)26-12-11-21)8-10-18(23)27-19(20(22)24)15-5-3-2-4-6-15/h2-10,13,19H,12H2,1H3,(H2,22,24)/b10-8+/t19-/m1/s1. The number of hydrogen-bond donors (Lipinski definition) is 1. The molecule has 0 saturated heterocycles. The van der Waals surface area contributed by atoms with E-state index in [0.717, 1.165) is 0 Å². The van der Waals surface area contributed by atoms with Crippen LogP contribution in [0.5, 0.6) is 11.5 Å². The van der Waals surface area contributed by atoms with Crippen molar-refractivity contribution in [2.75, 3.05) is 13.7 Å². The summed E-state index contributed by atoms with van der Waals surface area (Å²) in [5, 5.41) is 8.57. The van der Waals surface area contributed by atoms with Crippen molar-refractivity contribution in [3.05, 3.63) is 65.7 Å². The molecule has 0 aliphatic carbocycles. The van der Waals surface area contributed by atoms with Crippen molar-refractivity contribution in [1.82, 2.24) is 0 Å². The number of rotatable bonds is 8. The van der Waals surface area contributed by atoms with Crippen LogP contribution >= 0.6 is 0 Å². The average Bonchev–Trinajstić information content (AvgIpc) is 2.69. The fraction of sp³-hybridized carbons (Fsp3) is 0.150. The lowest BCUT2D eigenvalue weighted by molar-refractivity contribution is -0.150. The van der Waals surface area contributed by atoms with Crippen molar-refractivity contribution in [2.24, 2.45) is 5.73 Å². The van der Waals surface area contributed by atoms with Gasteiger partial charge in [0.25, 0.3) is 5.91 Å². The Labute approximate surface area is 156 Å². The van der Waals surface area contributed by atoms with Gasteiger partial charge in [0.2, 0.25) is 6.10 Å². The van der Waals surface area contributed by atoms with Crippen molar-refractivity contribution in [2.45, 2.75) is 6.10 Å². The van der Waals surface area contributed by atoms with Crippen molar-refractivity contribution >= 4 is 18.0 Å². The van der Waals surface area contributed by atoms with Gasteiger partial charge < -0.3 is 19.9 Å². The molecule has 0 saturated carbocycles. The average molecular weight is 366 g/mol. The fourth-order valence-electron chi connectivity index (χ4n) is 2.26. The quantitative estimate of drug-likeness (QED) is 0.567. The number of esters is 1. The highest BCUT2D eigenvalue weighted by Gasteiger charge is 2.21. The Morgan fingerprint density at radius 2 is 1.93 bits per heavy atom. The van der Waals surface area contributed by atoms with Crippen molar-refractivity contribution in [1.29, 1.82) is 5.26 Å². The maximum atomic E-state index is 12.1. The Morgan fingerprint density at radius 3 is 2.56 bits per heavy atom. The molecule has 0 radical (unpaired) electrons. The zero-order valence-electron chi connectivity index (χ0n) is 14.6. The van der Waals surface area contributed by atoms with Crippen molar-refractivity contribution in [3.8, 4) is 17.6 Å². The number of carbonyl (C=O) groups excluding carboxylic acids is 2. The van der Waals surface area contributed by atoms with Gasteiger partial charge in [-0.2, -0.15) is 5.26 Å². The molecule has 2 aromatic carbocycles. The summed E-state index contributed by atoms with van der Waals surface area (Å²) in [5.74, 6) is -0.647. The van der Waals surface area contributed by atoms with Gasteiger partial charge in [-0.25, -0.2) is 4.79 Å². The molecule has 1 atom stereocenters. The summed E-state index contributed by atoms with van der Waals surface area (Å²) in [5.41, 5.74) is 6.46. The van der Waals surface area contributed by atoms with Crippen LogP contribution in [0.1, 0.15) is 17.2 Å². The Bertz CT molecular complexity index is 872. The van der Waals surface area contributed by atoms with E-state index in [2.05, 4.69) is 0 Å². The molecule has 0 bridgehead atoms. The molecule has 2 N–H and O–H groups in total. The maximum Gasteiger partial charge on any atom is 0.331 e. The van der Waals surface area contributed by atoms with E-state index in [0.29, 0.717) is 22.6 Å². The predicted molar refractivity (Wildman–Crippen MR) is 97.6 cm³/mol. The number of carbonyl (C=O) groups is 2. The van der Waals surface area contributed by atoms with E-state index in [1.165, 1.54) is 19.3 Å². The Kier molecular flexibility index (Phi) is 6.97. The smallest absolute Gasteiger partial charge is 0.331 e. The zero-order valence-corrected chi connectivity index (χ0v) is 14.6. The fourth-order valence-corrected chi connectivity index (χ4v) is 2.26. The third kappa shape index (κ3) is 5.61. The molecule has 7 heteroatoms. The second kappa shape index (κ2) is 9.63. The number of nitrogens with zero attached hydrogens (tertiary/aromatic N) is 1. The molecule has 138 valence electrons. The molecule has 1 amide bonds. The molecular weight excluding hydrogens is 348 g/mol. The third-order valence-corrected chi connectivity index (χ3v) is 3.49. The molecule has 0 fully saturated rings. The number of benzene rings is 2. The number of hydrogen-bond acceptors (Lipinski definition) is 6. The lowest BCUT2D eigenvalue weighted by atomic mass is 10.1. The first-order valence-electron chi connectivity index (χ1n) is 7.96. The summed E-state index contributed by atoms with van der Waals surface area (Å²) in [6.07, 6.45) is 1.52. The van der Waals surface area contributed by atoms with Crippen LogP contribution in [0.3, 0.4) is 0 Å². The van der Waals surface area contributed by atoms with Crippen LogP contribution in [0.25, 0.3) is 6.08 Å².